The Morgan fingerprint density at radius 2 is 1.63 bits per heavy atom. The van der Waals surface area contributed by atoms with Gasteiger partial charge in [-0.05, 0) is 62.2 Å². The third-order valence-electron chi connectivity index (χ3n) is 6.26. The molecule has 1 saturated heterocycles. The summed E-state index contributed by atoms with van der Waals surface area (Å²) in [5, 5.41) is 3.05. The van der Waals surface area contributed by atoms with Gasteiger partial charge in [0.15, 0.2) is 0 Å². The zero-order valence-electron chi connectivity index (χ0n) is 19.7. The summed E-state index contributed by atoms with van der Waals surface area (Å²) in [6.07, 6.45) is 3.19. The number of aryl methyl sites for hydroxylation is 1. The van der Waals surface area contributed by atoms with Crippen molar-refractivity contribution in [1.82, 2.24) is 9.97 Å². The minimum absolute atomic E-state index is 0.0235. The number of amides is 1. The van der Waals surface area contributed by atoms with Gasteiger partial charge < -0.3 is 15.0 Å². The molecule has 5 rings (SSSR count). The number of nitrogens with one attached hydrogen (secondary N) is 1. The van der Waals surface area contributed by atoms with Gasteiger partial charge in [-0.25, -0.2) is 9.97 Å². The molecule has 2 heterocycles. The predicted octanol–water partition coefficient (Wildman–Crippen LogP) is 6.10. The highest BCUT2D eigenvalue weighted by Gasteiger charge is 2.26. The fraction of sp³-hybridized carbons (Fsp3) is 0.207. The molecule has 1 aromatic heterocycles. The maximum absolute atomic E-state index is 12.9. The standard InChI is InChI=1S/C29H28N4O2/c1-21-6-5-7-23(18-21)27-19-28(31-20-30-27)33-16-14-22(15-17-33)29(34)32-24-10-12-26(13-11-24)35-25-8-3-2-4-9-25/h2-13,18-20,22H,14-17H2,1H3,(H,32,34). The van der Waals surface area contributed by atoms with Crippen molar-refractivity contribution in [2.45, 2.75) is 19.8 Å². The second-order valence-corrected chi connectivity index (χ2v) is 8.82. The van der Waals surface area contributed by atoms with E-state index in [4.69, 9.17) is 4.74 Å². The van der Waals surface area contributed by atoms with E-state index in [2.05, 4.69) is 45.3 Å². The van der Waals surface area contributed by atoms with Gasteiger partial charge >= 0.3 is 0 Å². The minimum Gasteiger partial charge on any atom is -0.457 e. The molecule has 0 aliphatic carbocycles. The summed E-state index contributed by atoms with van der Waals surface area (Å²) < 4.78 is 5.82. The Kier molecular flexibility index (Phi) is 6.70. The van der Waals surface area contributed by atoms with Gasteiger partial charge in [0.1, 0.15) is 23.6 Å². The van der Waals surface area contributed by atoms with Gasteiger partial charge in [-0.2, -0.15) is 0 Å². The molecule has 1 aliphatic heterocycles. The molecule has 1 N–H and O–H groups in total. The zero-order valence-corrected chi connectivity index (χ0v) is 19.7. The van der Waals surface area contributed by atoms with Crippen LogP contribution in [0.5, 0.6) is 11.5 Å². The third-order valence-corrected chi connectivity index (χ3v) is 6.26. The minimum atomic E-state index is -0.0235. The van der Waals surface area contributed by atoms with Gasteiger partial charge in [-0.15, -0.1) is 0 Å². The summed E-state index contributed by atoms with van der Waals surface area (Å²) in [7, 11) is 0. The molecule has 1 fully saturated rings. The van der Waals surface area contributed by atoms with Crippen LogP contribution in [0.1, 0.15) is 18.4 Å². The Bertz CT molecular complexity index is 1280. The lowest BCUT2D eigenvalue weighted by Crippen LogP contribution is -2.38. The summed E-state index contributed by atoms with van der Waals surface area (Å²) in [5.41, 5.74) is 3.98. The molecule has 4 aromatic rings. The molecule has 6 nitrogen and oxygen atoms in total. The lowest BCUT2D eigenvalue weighted by molar-refractivity contribution is -0.120. The Morgan fingerprint density at radius 3 is 2.37 bits per heavy atom. The summed E-state index contributed by atoms with van der Waals surface area (Å²) >= 11 is 0. The number of anilines is 2. The highest BCUT2D eigenvalue weighted by molar-refractivity contribution is 5.92. The Labute approximate surface area is 205 Å². The van der Waals surface area contributed by atoms with E-state index >= 15 is 0 Å². The number of benzene rings is 3. The monoisotopic (exact) mass is 464 g/mol. The Hall–Kier alpha value is -4.19. The van der Waals surface area contributed by atoms with Crippen LogP contribution in [0.15, 0.2) is 91.3 Å². The summed E-state index contributed by atoms with van der Waals surface area (Å²) in [6.45, 7) is 3.65. The van der Waals surface area contributed by atoms with E-state index in [0.717, 1.165) is 60.2 Å². The second-order valence-electron chi connectivity index (χ2n) is 8.82. The molecule has 1 aliphatic rings. The normalized spacial score (nSPS) is 13.9. The number of carbonyl (C=O) groups is 1. The van der Waals surface area contributed by atoms with E-state index in [1.54, 1.807) is 6.33 Å². The van der Waals surface area contributed by atoms with Crippen molar-refractivity contribution in [1.29, 1.82) is 0 Å². The van der Waals surface area contributed by atoms with Crippen molar-refractivity contribution in [3.63, 3.8) is 0 Å². The first kappa shape index (κ1) is 22.6. The van der Waals surface area contributed by atoms with E-state index in [1.165, 1.54) is 5.56 Å². The Morgan fingerprint density at radius 1 is 0.886 bits per heavy atom. The van der Waals surface area contributed by atoms with Crippen molar-refractivity contribution in [2.75, 3.05) is 23.3 Å². The van der Waals surface area contributed by atoms with Gasteiger partial charge in [-0.1, -0.05) is 42.0 Å². The van der Waals surface area contributed by atoms with E-state index in [9.17, 15) is 4.79 Å². The van der Waals surface area contributed by atoms with E-state index in [1.807, 2.05) is 66.7 Å². The number of para-hydroxylation sites is 1. The fourth-order valence-electron chi connectivity index (χ4n) is 4.33. The number of nitrogens with zero attached hydrogens (tertiary/aromatic N) is 3. The second kappa shape index (κ2) is 10.4. The van der Waals surface area contributed by atoms with Crippen LogP contribution in [0, 0.1) is 12.8 Å². The molecule has 0 atom stereocenters. The Balaban J connectivity index is 1.16. The lowest BCUT2D eigenvalue weighted by Gasteiger charge is -2.32. The molecule has 35 heavy (non-hydrogen) atoms. The number of rotatable bonds is 6. The van der Waals surface area contributed by atoms with Gasteiger partial charge in [0.25, 0.3) is 0 Å². The number of carbonyl (C=O) groups excluding carboxylic acids is 1. The third kappa shape index (κ3) is 5.66. The highest BCUT2D eigenvalue weighted by Crippen LogP contribution is 2.27. The van der Waals surface area contributed by atoms with Gasteiger partial charge in [0, 0.05) is 36.3 Å². The first-order chi connectivity index (χ1) is 17.1. The summed E-state index contributed by atoms with van der Waals surface area (Å²) in [6, 6.07) is 27.5. The van der Waals surface area contributed by atoms with Crippen LogP contribution in [0.4, 0.5) is 11.5 Å². The van der Waals surface area contributed by atoms with Crippen molar-refractivity contribution >= 4 is 17.4 Å². The van der Waals surface area contributed by atoms with E-state index < -0.39 is 0 Å². The molecular weight excluding hydrogens is 436 g/mol. The van der Waals surface area contributed by atoms with Gasteiger partial charge in [0.2, 0.25) is 5.91 Å². The SMILES string of the molecule is Cc1cccc(-c2cc(N3CCC(C(=O)Nc4ccc(Oc5ccccc5)cc4)CC3)ncn2)c1. The van der Waals surface area contributed by atoms with Crippen LogP contribution >= 0.6 is 0 Å². The first-order valence-corrected chi connectivity index (χ1v) is 11.9. The maximum Gasteiger partial charge on any atom is 0.227 e. The molecule has 0 spiro atoms. The molecule has 3 aromatic carbocycles. The molecule has 0 bridgehead atoms. The molecule has 0 radical (unpaired) electrons. The van der Waals surface area contributed by atoms with Crippen LogP contribution in [-0.4, -0.2) is 29.0 Å². The average Bonchev–Trinajstić information content (AvgIpc) is 2.90. The smallest absolute Gasteiger partial charge is 0.227 e. The van der Waals surface area contributed by atoms with Gasteiger partial charge in [-0.3, -0.25) is 4.79 Å². The number of ether oxygens (including phenoxy) is 1. The van der Waals surface area contributed by atoms with Crippen LogP contribution in [0.25, 0.3) is 11.3 Å². The molecule has 1 amide bonds. The van der Waals surface area contributed by atoms with Crippen LogP contribution < -0.4 is 15.0 Å². The number of hydrogen-bond donors (Lipinski definition) is 1. The van der Waals surface area contributed by atoms with Crippen LogP contribution in [-0.2, 0) is 4.79 Å². The zero-order chi connectivity index (χ0) is 24.0. The fourth-order valence-corrected chi connectivity index (χ4v) is 4.33. The predicted molar refractivity (Wildman–Crippen MR) is 139 cm³/mol. The molecular formula is C29H28N4O2. The van der Waals surface area contributed by atoms with Crippen LogP contribution in [0.3, 0.4) is 0 Å². The summed E-state index contributed by atoms with van der Waals surface area (Å²) in [5.74, 6) is 2.46. The average molecular weight is 465 g/mol. The summed E-state index contributed by atoms with van der Waals surface area (Å²) in [4.78, 5) is 24.1. The number of hydrogen-bond acceptors (Lipinski definition) is 5. The van der Waals surface area contributed by atoms with E-state index in [-0.39, 0.29) is 11.8 Å². The topological polar surface area (TPSA) is 67.4 Å². The quantitative estimate of drug-likeness (QED) is 0.373. The lowest BCUT2D eigenvalue weighted by atomic mass is 9.95. The van der Waals surface area contributed by atoms with Crippen LogP contribution in [0.2, 0.25) is 0 Å². The van der Waals surface area contributed by atoms with Crippen molar-refractivity contribution in [3.05, 3.63) is 96.8 Å². The first-order valence-electron chi connectivity index (χ1n) is 11.9. The van der Waals surface area contributed by atoms with Crippen molar-refractivity contribution in [2.24, 2.45) is 5.92 Å². The maximum atomic E-state index is 12.9. The van der Waals surface area contributed by atoms with Gasteiger partial charge in [0.05, 0.1) is 5.69 Å². The highest BCUT2D eigenvalue weighted by atomic mass is 16.5. The number of aromatic nitrogens is 2. The molecule has 6 heteroatoms. The molecule has 0 unspecified atom stereocenters. The number of piperidine rings is 1. The van der Waals surface area contributed by atoms with Crippen molar-refractivity contribution in [3.8, 4) is 22.8 Å². The van der Waals surface area contributed by atoms with Crippen molar-refractivity contribution < 1.29 is 9.53 Å². The molecule has 0 saturated carbocycles. The largest absolute Gasteiger partial charge is 0.457 e. The van der Waals surface area contributed by atoms with E-state index in [0.29, 0.717) is 0 Å². The molecule has 176 valence electrons.